The molecule has 0 radical (unpaired) electrons. The third kappa shape index (κ3) is 38.3. The van der Waals surface area contributed by atoms with Crippen LogP contribution >= 0.6 is 0 Å². The minimum absolute atomic E-state index is 0.236. The molecule has 12 N–H and O–H groups in total. The van der Waals surface area contributed by atoms with Crippen LogP contribution in [0, 0.1) is 0 Å². The molecular weight excluding hydrogens is 1230 g/mol. The average molecular weight is 1360 g/mol. The summed E-state index contributed by atoms with van der Waals surface area (Å²) >= 11 is 0. The van der Waals surface area contributed by atoms with E-state index in [1.165, 1.54) is 180 Å². The van der Waals surface area contributed by atoms with Gasteiger partial charge in [0.25, 0.3) is 0 Å². The van der Waals surface area contributed by atoms with Crippen molar-refractivity contribution in [3.63, 3.8) is 0 Å². The molecule has 19 nitrogen and oxygen atoms in total. The number of carbonyl (C=O) groups excluding carboxylic acids is 1. The number of amides is 1. The molecule has 0 aliphatic carbocycles. The van der Waals surface area contributed by atoms with E-state index in [0.29, 0.717) is 12.8 Å². The van der Waals surface area contributed by atoms with Crippen LogP contribution in [0.2, 0.25) is 0 Å². The number of hydrogen-bond acceptors (Lipinski definition) is 18. The molecule has 3 heterocycles. The van der Waals surface area contributed by atoms with Gasteiger partial charge in [-0.3, -0.25) is 4.79 Å². The molecule has 3 fully saturated rings. The summed E-state index contributed by atoms with van der Waals surface area (Å²) in [5, 5.41) is 121. The molecule has 17 atom stereocenters. The second-order valence-corrected chi connectivity index (χ2v) is 27.1. The molecule has 3 aliphatic heterocycles. The zero-order valence-electron chi connectivity index (χ0n) is 59.3. The lowest BCUT2D eigenvalue weighted by atomic mass is 9.96. The number of rotatable bonds is 59. The van der Waals surface area contributed by atoms with E-state index in [2.05, 4.69) is 79.9 Å². The molecule has 3 aliphatic rings. The van der Waals surface area contributed by atoms with Crippen LogP contribution in [0.1, 0.15) is 277 Å². The molecule has 0 spiro atoms. The molecule has 0 aromatic heterocycles. The number of carbonyl (C=O) groups is 1. The Balaban J connectivity index is 1.34. The van der Waals surface area contributed by atoms with Crippen molar-refractivity contribution in [2.24, 2.45) is 0 Å². The van der Waals surface area contributed by atoms with Crippen LogP contribution in [0.5, 0.6) is 0 Å². The van der Waals surface area contributed by atoms with E-state index in [4.69, 9.17) is 28.4 Å². The van der Waals surface area contributed by atoms with Gasteiger partial charge in [0.05, 0.1) is 38.6 Å². The van der Waals surface area contributed by atoms with Crippen LogP contribution in [-0.2, 0) is 33.2 Å². The van der Waals surface area contributed by atoms with E-state index < -0.39 is 124 Å². The zero-order chi connectivity index (χ0) is 69.6. The Morgan fingerprint density at radius 2 is 0.729 bits per heavy atom. The minimum Gasteiger partial charge on any atom is -0.394 e. The second-order valence-electron chi connectivity index (χ2n) is 27.1. The SMILES string of the molecule is CC/C=C\C/C=C\C/C=C\C/C=C\CCCCCCCCCCCCCCCCCCCCCCCCC(=O)NC(COC1OC(CO)C(OC2OC(CO)C(OC3OC(CO)C(O)C(O)C3O)C(O)C2O)C(O)C1O)C(O)/C=C/CC/C=C/CCCCCCCCCCCC. The van der Waals surface area contributed by atoms with Crippen LogP contribution in [0.4, 0.5) is 0 Å². The van der Waals surface area contributed by atoms with E-state index >= 15 is 0 Å². The first kappa shape index (κ1) is 87.4. The van der Waals surface area contributed by atoms with Gasteiger partial charge in [-0.2, -0.15) is 0 Å². The number of ether oxygens (including phenoxy) is 6. The first-order valence-corrected chi connectivity index (χ1v) is 38.2. The molecule has 96 heavy (non-hydrogen) atoms. The first-order valence-electron chi connectivity index (χ1n) is 38.2. The maximum absolute atomic E-state index is 13.4. The van der Waals surface area contributed by atoms with Gasteiger partial charge >= 0.3 is 0 Å². The fourth-order valence-corrected chi connectivity index (χ4v) is 12.6. The summed E-state index contributed by atoms with van der Waals surface area (Å²) in [5.74, 6) is -0.283. The van der Waals surface area contributed by atoms with Crippen molar-refractivity contribution in [2.45, 2.75) is 381 Å². The Morgan fingerprint density at radius 1 is 0.385 bits per heavy atom. The van der Waals surface area contributed by atoms with Crippen molar-refractivity contribution in [3.05, 3.63) is 72.9 Å². The van der Waals surface area contributed by atoms with E-state index in [-0.39, 0.29) is 18.9 Å². The Bertz CT molecular complexity index is 2020. The minimum atomic E-state index is -1.98. The van der Waals surface area contributed by atoms with E-state index in [0.717, 1.165) is 64.2 Å². The Labute approximate surface area is 578 Å². The van der Waals surface area contributed by atoms with Gasteiger partial charge in [-0.15, -0.1) is 0 Å². The molecule has 0 saturated carbocycles. The first-order chi connectivity index (χ1) is 46.8. The van der Waals surface area contributed by atoms with Crippen LogP contribution < -0.4 is 5.32 Å². The van der Waals surface area contributed by atoms with Crippen molar-refractivity contribution in [3.8, 4) is 0 Å². The van der Waals surface area contributed by atoms with E-state index in [9.17, 15) is 61.0 Å². The molecule has 3 saturated heterocycles. The van der Waals surface area contributed by atoms with Gasteiger partial charge in [0.2, 0.25) is 5.91 Å². The largest absolute Gasteiger partial charge is 0.394 e. The van der Waals surface area contributed by atoms with Crippen molar-refractivity contribution in [2.75, 3.05) is 26.4 Å². The van der Waals surface area contributed by atoms with Gasteiger partial charge in [-0.25, -0.2) is 0 Å². The number of aliphatic hydroxyl groups excluding tert-OH is 11. The molecule has 0 aromatic rings. The molecule has 558 valence electrons. The standard InChI is InChI=1S/C77H137NO18/c1-3-5-7-9-11-13-15-17-19-21-22-23-24-25-26-27-28-29-30-31-32-33-34-35-36-37-38-39-41-43-45-47-49-51-53-55-65(83)78-60(61(82)54-52-50-48-46-44-42-40-20-18-16-14-12-10-8-6-4-2)59-91-75-71(89)68(86)73(63(57-80)93-75)96-77-72(90)69(87)74(64(58-81)94-77)95-76-70(88)67(85)66(84)62(56-79)92-76/h5,7,11,13,17,19,22-23,44,46,52,54,60-64,66-77,79-82,84-90H,3-4,6,8-10,12,14-16,18,20-21,24-43,45,47-51,53,55-59H2,1-2H3,(H,78,83)/b7-5-,13-11-,19-17-,23-22-,46-44+,54-52+. The molecule has 0 aromatic carbocycles. The fourth-order valence-electron chi connectivity index (χ4n) is 12.6. The maximum atomic E-state index is 13.4. The van der Waals surface area contributed by atoms with Gasteiger partial charge < -0.3 is 89.9 Å². The van der Waals surface area contributed by atoms with Gasteiger partial charge in [0.15, 0.2) is 18.9 Å². The lowest BCUT2D eigenvalue weighted by Gasteiger charge is -2.48. The van der Waals surface area contributed by atoms with Crippen molar-refractivity contribution in [1.29, 1.82) is 0 Å². The topological polar surface area (TPSA) is 307 Å². The van der Waals surface area contributed by atoms with Crippen molar-refractivity contribution < 1.29 is 89.4 Å². The van der Waals surface area contributed by atoms with Crippen molar-refractivity contribution in [1.82, 2.24) is 5.32 Å². The molecule has 19 heteroatoms. The zero-order valence-corrected chi connectivity index (χ0v) is 59.3. The summed E-state index contributed by atoms with van der Waals surface area (Å²) in [6.07, 6.45) is 47.6. The number of hydrogen-bond donors (Lipinski definition) is 12. The Hall–Kier alpha value is -2.77. The number of unbranched alkanes of at least 4 members (excludes halogenated alkanes) is 33. The predicted molar refractivity (Wildman–Crippen MR) is 378 cm³/mol. The summed E-state index contributed by atoms with van der Waals surface area (Å²) in [6.45, 7) is 1.61. The summed E-state index contributed by atoms with van der Waals surface area (Å²) < 4.78 is 34.4. The number of aliphatic hydroxyl groups is 11. The average Bonchev–Trinajstić information content (AvgIpc) is 0.798. The highest BCUT2D eigenvalue weighted by Crippen LogP contribution is 2.33. The lowest BCUT2D eigenvalue weighted by molar-refractivity contribution is -0.379. The van der Waals surface area contributed by atoms with Gasteiger partial charge in [0, 0.05) is 6.42 Å². The second kappa shape index (κ2) is 57.8. The summed E-state index contributed by atoms with van der Waals surface area (Å²) in [5.41, 5.74) is 0. The molecule has 3 rings (SSSR count). The normalized spacial score (nSPS) is 27.4. The van der Waals surface area contributed by atoms with E-state index in [1.54, 1.807) is 6.08 Å². The third-order valence-electron chi connectivity index (χ3n) is 18.7. The van der Waals surface area contributed by atoms with Gasteiger partial charge in [-0.05, 0) is 70.6 Å². The molecule has 1 amide bonds. The van der Waals surface area contributed by atoms with Crippen molar-refractivity contribution >= 4 is 5.91 Å². The van der Waals surface area contributed by atoms with Crippen LogP contribution in [0.25, 0.3) is 0 Å². The predicted octanol–water partition coefficient (Wildman–Crippen LogP) is 11.7. The highest BCUT2D eigenvalue weighted by Gasteiger charge is 2.53. The lowest BCUT2D eigenvalue weighted by Crippen LogP contribution is -2.66. The molecule has 0 bridgehead atoms. The highest BCUT2D eigenvalue weighted by atomic mass is 16.8. The summed E-state index contributed by atoms with van der Waals surface area (Å²) in [7, 11) is 0. The smallest absolute Gasteiger partial charge is 0.220 e. The Kier molecular flexibility index (Phi) is 52.7. The maximum Gasteiger partial charge on any atom is 0.220 e. The third-order valence-corrected chi connectivity index (χ3v) is 18.7. The summed E-state index contributed by atoms with van der Waals surface area (Å²) in [6, 6.07) is -0.991. The van der Waals surface area contributed by atoms with Crippen LogP contribution in [-0.4, -0.2) is 193 Å². The fraction of sp³-hybridized carbons (Fsp3) is 0.831. The number of allylic oxidation sites excluding steroid dienone is 11. The van der Waals surface area contributed by atoms with Crippen LogP contribution in [0.3, 0.4) is 0 Å². The highest BCUT2D eigenvalue weighted by molar-refractivity contribution is 5.76. The van der Waals surface area contributed by atoms with Gasteiger partial charge in [-0.1, -0.05) is 273 Å². The van der Waals surface area contributed by atoms with Gasteiger partial charge in [0.1, 0.15) is 73.2 Å². The quantitative estimate of drug-likeness (QED) is 0.0199. The molecule has 17 unspecified atom stereocenters. The Morgan fingerprint density at radius 3 is 1.17 bits per heavy atom. The van der Waals surface area contributed by atoms with E-state index in [1.807, 2.05) is 6.08 Å². The van der Waals surface area contributed by atoms with Crippen LogP contribution in [0.15, 0.2) is 72.9 Å². The molecular formula is C77H137NO18. The monoisotopic (exact) mass is 1360 g/mol. The number of nitrogens with one attached hydrogen (secondary N) is 1. The summed E-state index contributed by atoms with van der Waals surface area (Å²) in [4.78, 5) is 13.4.